The van der Waals surface area contributed by atoms with Gasteiger partial charge in [-0.15, -0.1) is 13.2 Å². The molecule has 0 spiro atoms. The number of ether oxygens (including phenoxy) is 1. The number of benzene rings is 2. The fourth-order valence-electron chi connectivity index (χ4n) is 2.93. The number of amides is 1. The number of hydrogen-bond donors (Lipinski definition) is 0. The van der Waals surface area contributed by atoms with E-state index in [0.717, 1.165) is 12.1 Å². The number of sulfonamides is 1. The molecular formula is C18H15Cl2F3N2O4S. The molecular weight excluding hydrogens is 468 g/mol. The molecule has 1 aliphatic heterocycles. The smallest absolute Gasteiger partial charge is 0.406 e. The summed E-state index contributed by atoms with van der Waals surface area (Å²) in [6.07, 6.45) is -4.82. The molecule has 1 fully saturated rings. The molecule has 2 aromatic rings. The average Bonchev–Trinajstić information content (AvgIpc) is 2.68. The van der Waals surface area contributed by atoms with Crippen molar-refractivity contribution in [3.05, 3.63) is 58.1 Å². The molecule has 162 valence electrons. The van der Waals surface area contributed by atoms with Crippen molar-refractivity contribution >= 4 is 39.1 Å². The number of carbonyl (C=O) groups excluding carboxylic acids is 1. The Morgan fingerprint density at radius 3 is 2.13 bits per heavy atom. The highest BCUT2D eigenvalue weighted by Crippen LogP contribution is 2.28. The second-order valence-corrected chi connectivity index (χ2v) is 9.09. The first-order valence-electron chi connectivity index (χ1n) is 8.58. The van der Waals surface area contributed by atoms with Crippen LogP contribution in [-0.2, 0) is 10.0 Å². The van der Waals surface area contributed by atoms with Gasteiger partial charge in [0.15, 0.2) is 0 Å². The molecule has 0 radical (unpaired) electrons. The van der Waals surface area contributed by atoms with Crippen LogP contribution in [0.15, 0.2) is 47.4 Å². The lowest BCUT2D eigenvalue weighted by Gasteiger charge is -2.34. The predicted octanol–water partition coefficient (Wildman–Crippen LogP) is 4.04. The van der Waals surface area contributed by atoms with Gasteiger partial charge in [0.05, 0.1) is 5.02 Å². The Morgan fingerprint density at radius 1 is 0.967 bits per heavy atom. The summed E-state index contributed by atoms with van der Waals surface area (Å²) in [6, 6.07) is 8.66. The van der Waals surface area contributed by atoms with Gasteiger partial charge in [0.1, 0.15) is 10.6 Å². The van der Waals surface area contributed by atoms with Crippen LogP contribution in [0.3, 0.4) is 0 Å². The van der Waals surface area contributed by atoms with Crippen LogP contribution in [0, 0.1) is 0 Å². The second kappa shape index (κ2) is 8.62. The number of piperazine rings is 1. The van der Waals surface area contributed by atoms with E-state index < -0.39 is 28.0 Å². The topological polar surface area (TPSA) is 66.9 Å². The van der Waals surface area contributed by atoms with Crippen LogP contribution in [0.2, 0.25) is 10.0 Å². The van der Waals surface area contributed by atoms with E-state index >= 15 is 0 Å². The Morgan fingerprint density at radius 2 is 1.57 bits per heavy atom. The highest BCUT2D eigenvalue weighted by atomic mass is 35.5. The summed E-state index contributed by atoms with van der Waals surface area (Å²) in [6.45, 7) is 0.284. The van der Waals surface area contributed by atoms with E-state index in [9.17, 15) is 26.4 Å². The first-order chi connectivity index (χ1) is 14.0. The number of halogens is 5. The van der Waals surface area contributed by atoms with Crippen molar-refractivity contribution in [1.29, 1.82) is 0 Å². The molecule has 0 saturated carbocycles. The van der Waals surface area contributed by atoms with Gasteiger partial charge < -0.3 is 9.64 Å². The molecule has 0 aromatic heterocycles. The molecule has 0 aliphatic carbocycles. The zero-order chi connectivity index (χ0) is 22.1. The lowest BCUT2D eigenvalue weighted by atomic mass is 10.2. The number of rotatable bonds is 4. The highest BCUT2D eigenvalue weighted by Gasteiger charge is 2.33. The molecule has 0 unspecified atom stereocenters. The molecule has 30 heavy (non-hydrogen) atoms. The van der Waals surface area contributed by atoms with E-state index in [1.54, 1.807) is 0 Å². The second-order valence-electron chi connectivity index (χ2n) is 6.34. The van der Waals surface area contributed by atoms with Gasteiger partial charge in [0.25, 0.3) is 5.91 Å². The Bertz CT molecular complexity index is 1040. The number of carbonyl (C=O) groups is 1. The minimum atomic E-state index is -4.82. The molecule has 1 heterocycles. The zero-order valence-electron chi connectivity index (χ0n) is 15.2. The van der Waals surface area contributed by atoms with Gasteiger partial charge in [0.2, 0.25) is 10.0 Å². The number of nitrogens with zero attached hydrogens (tertiary/aromatic N) is 2. The van der Waals surface area contributed by atoms with Crippen molar-refractivity contribution in [3.8, 4) is 5.75 Å². The van der Waals surface area contributed by atoms with Crippen molar-refractivity contribution in [2.45, 2.75) is 11.3 Å². The molecule has 1 aliphatic rings. The minimum absolute atomic E-state index is 0.0339. The molecule has 0 atom stereocenters. The van der Waals surface area contributed by atoms with Crippen LogP contribution < -0.4 is 4.74 Å². The van der Waals surface area contributed by atoms with E-state index in [1.807, 2.05) is 0 Å². The molecule has 0 N–H and O–H groups in total. The van der Waals surface area contributed by atoms with Crippen LogP contribution in [0.1, 0.15) is 10.4 Å². The number of alkyl halides is 3. The fraction of sp³-hybridized carbons (Fsp3) is 0.278. The van der Waals surface area contributed by atoms with Crippen LogP contribution in [0.5, 0.6) is 5.75 Å². The van der Waals surface area contributed by atoms with Gasteiger partial charge in [0, 0.05) is 36.8 Å². The first kappa shape index (κ1) is 22.7. The van der Waals surface area contributed by atoms with Crippen LogP contribution in [-0.4, -0.2) is 56.1 Å². The highest BCUT2D eigenvalue weighted by molar-refractivity contribution is 7.89. The van der Waals surface area contributed by atoms with E-state index in [-0.39, 0.29) is 46.7 Å². The van der Waals surface area contributed by atoms with Gasteiger partial charge in [-0.3, -0.25) is 4.79 Å². The molecule has 1 amide bonds. The van der Waals surface area contributed by atoms with Crippen LogP contribution in [0.4, 0.5) is 13.2 Å². The van der Waals surface area contributed by atoms with Crippen molar-refractivity contribution in [1.82, 2.24) is 9.21 Å². The average molecular weight is 483 g/mol. The van der Waals surface area contributed by atoms with Gasteiger partial charge in [-0.2, -0.15) is 4.31 Å². The zero-order valence-corrected chi connectivity index (χ0v) is 17.5. The van der Waals surface area contributed by atoms with Crippen molar-refractivity contribution in [3.63, 3.8) is 0 Å². The monoisotopic (exact) mass is 482 g/mol. The summed E-state index contributed by atoms with van der Waals surface area (Å²) in [4.78, 5) is 13.9. The summed E-state index contributed by atoms with van der Waals surface area (Å²) in [7, 11) is -3.90. The van der Waals surface area contributed by atoms with Gasteiger partial charge in [-0.05, 0) is 42.5 Å². The summed E-state index contributed by atoms with van der Waals surface area (Å²) in [5, 5.41) is 0.267. The van der Waals surface area contributed by atoms with Gasteiger partial charge in [-0.1, -0.05) is 23.2 Å². The lowest BCUT2D eigenvalue weighted by Crippen LogP contribution is -2.50. The summed E-state index contributed by atoms with van der Waals surface area (Å²) < 4.78 is 67.3. The Kier molecular flexibility index (Phi) is 6.51. The Hall–Kier alpha value is -2.01. The van der Waals surface area contributed by atoms with Crippen molar-refractivity contribution in [2.24, 2.45) is 0 Å². The SMILES string of the molecule is O=C(c1ccc(OC(F)(F)F)cc1)N1CCN(S(=O)(=O)c2cc(Cl)ccc2Cl)CC1. The first-order valence-corrected chi connectivity index (χ1v) is 10.8. The molecule has 0 bridgehead atoms. The van der Waals surface area contributed by atoms with E-state index in [0.29, 0.717) is 0 Å². The fourth-order valence-corrected chi connectivity index (χ4v) is 5.09. The number of hydrogen-bond acceptors (Lipinski definition) is 4. The Balaban J connectivity index is 1.66. The maximum Gasteiger partial charge on any atom is 0.573 e. The van der Waals surface area contributed by atoms with Gasteiger partial charge in [-0.25, -0.2) is 8.42 Å². The molecule has 2 aromatic carbocycles. The molecule has 6 nitrogen and oxygen atoms in total. The van der Waals surface area contributed by atoms with Crippen LogP contribution in [0.25, 0.3) is 0 Å². The third-order valence-corrected chi connectivity index (χ3v) is 6.99. The van der Waals surface area contributed by atoms with Gasteiger partial charge >= 0.3 is 6.36 Å². The summed E-state index contributed by atoms with van der Waals surface area (Å²) in [5.41, 5.74) is 0.165. The predicted molar refractivity (Wildman–Crippen MR) is 104 cm³/mol. The molecule has 12 heteroatoms. The lowest BCUT2D eigenvalue weighted by molar-refractivity contribution is -0.274. The third-order valence-electron chi connectivity index (χ3n) is 4.37. The largest absolute Gasteiger partial charge is 0.573 e. The minimum Gasteiger partial charge on any atom is -0.406 e. The van der Waals surface area contributed by atoms with Crippen molar-refractivity contribution < 1.29 is 31.1 Å². The molecule has 3 rings (SSSR count). The quantitative estimate of drug-likeness (QED) is 0.659. The third kappa shape index (κ3) is 5.18. The van der Waals surface area contributed by atoms with Crippen molar-refractivity contribution in [2.75, 3.05) is 26.2 Å². The standard InChI is InChI=1S/C18H15Cl2F3N2O4S/c19-13-3-6-15(20)16(11-13)30(27,28)25-9-7-24(8-10-25)17(26)12-1-4-14(5-2-12)29-18(21,22)23/h1-6,11H,7-10H2. The van der Waals surface area contributed by atoms with E-state index in [1.165, 1.54) is 39.5 Å². The molecule has 1 saturated heterocycles. The van der Waals surface area contributed by atoms with Crippen LogP contribution >= 0.6 is 23.2 Å². The summed E-state index contributed by atoms with van der Waals surface area (Å²) >= 11 is 11.9. The Labute approximate surface area is 180 Å². The maximum absolute atomic E-state index is 12.8. The normalized spacial score (nSPS) is 15.8. The maximum atomic E-state index is 12.8. The van der Waals surface area contributed by atoms with E-state index in [2.05, 4.69) is 4.74 Å². The summed E-state index contributed by atoms with van der Waals surface area (Å²) in [5.74, 6) is -0.861. The van der Waals surface area contributed by atoms with E-state index in [4.69, 9.17) is 23.2 Å².